The molecular weight excluding hydrogens is 350 g/mol. The molecule has 1 heterocycles. The van der Waals surface area contributed by atoms with Crippen molar-refractivity contribution in [2.75, 3.05) is 6.61 Å². The van der Waals surface area contributed by atoms with E-state index in [2.05, 4.69) is 25.1 Å². The number of ether oxygens (including phenoxy) is 2. The molecule has 156 valence electrons. The summed E-state index contributed by atoms with van der Waals surface area (Å²) in [4.78, 5) is 0. The summed E-state index contributed by atoms with van der Waals surface area (Å²) in [7, 11) is 0. The number of hydrogen-bond donors (Lipinski definition) is 1. The average molecular weight is 388 g/mol. The lowest BCUT2D eigenvalue weighted by Gasteiger charge is -2.58. The summed E-state index contributed by atoms with van der Waals surface area (Å²) >= 11 is 0. The maximum absolute atomic E-state index is 9.24. The molecule has 5 aliphatic rings. The Bertz CT molecular complexity index is 667. The van der Waals surface area contributed by atoms with E-state index in [4.69, 9.17) is 9.47 Å². The van der Waals surface area contributed by atoms with Crippen LogP contribution in [0.3, 0.4) is 0 Å². The van der Waals surface area contributed by atoms with Gasteiger partial charge in [0.25, 0.3) is 0 Å². The van der Waals surface area contributed by atoms with Crippen LogP contribution in [-0.4, -0.2) is 29.9 Å². The molecule has 4 fully saturated rings. The van der Waals surface area contributed by atoms with Gasteiger partial charge in [-0.3, -0.25) is 0 Å². The lowest BCUT2D eigenvalue weighted by Crippen LogP contribution is -2.52. The predicted molar refractivity (Wildman–Crippen MR) is 109 cm³/mol. The summed E-state index contributed by atoms with van der Waals surface area (Å²) in [6.45, 7) is 5.90. The van der Waals surface area contributed by atoms with Crippen molar-refractivity contribution in [1.82, 2.24) is 0 Å². The summed E-state index contributed by atoms with van der Waals surface area (Å²) in [5.74, 6) is 2.41. The fourth-order valence-corrected chi connectivity index (χ4v) is 7.83. The molecule has 3 saturated carbocycles. The SMILES string of the molecule is C[C@]12CCC(=NO)C=C1CC[C@@H]1C2CC[C@@]2(C)C1CC[C@@H]2OC1CCCCO1. The van der Waals surface area contributed by atoms with Gasteiger partial charge < -0.3 is 14.7 Å². The van der Waals surface area contributed by atoms with E-state index in [0.29, 0.717) is 16.9 Å². The molecule has 0 aromatic heterocycles. The largest absolute Gasteiger partial charge is 0.411 e. The van der Waals surface area contributed by atoms with Crippen LogP contribution in [0.1, 0.15) is 84.5 Å². The normalized spacial score (nSPS) is 49.9. The van der Waals surface area contributed by atoms with Crippen LogP contribution in [0.15, 0.2) is 16.8 Å². The smallest absolute Gasteiger partial charge is 0.157 e. The van der Waals surface area contributed by atoms with Gasteiger partial charge in [-0.05, 0) is 105 Å². The number of rotatable bonds is 2. The second-order valence-electron chi connectivity index (χ2n) is 10.6. The molecule has 0 aromatic rings. The quantitative estimate of drug-likeness (QED) is 0.489. The highest BCUT2D eigenvalue weighted by Gasteiger charge is 2.59. The second kappa shape index (κ2) is 7.12. The molecular formula is C24H37NO3. The first kappa shape index (κ1) is 19.1. The molecule has 3 unspecified atom stereocenters. The van der Waals surface area contributed by atoms with Crippen LogP contribution >= 0.6 is 0 Å². The van der Waals surface area contributed by atoms with Crippen molar-refractivity contribution in [1.29, 1.82) is 0 Å². The predicted octanol–water partition coefficient (Wildman–Crippen LogP) is 5.69. The third-order valence-electron chi connectivity index (χ3n) is 9.47. The second-order valence-corrected chi connectivity index (χ2v) is 10.6. The van der Waals surface area contributed by atoms with Crippen LogP contribution in [0.5, 0.6) is 0 Å². The molecule has 0 amide bonds. The first-order valence-electron chi connectivity index (χ1n) is 11.7. The molecule has 4 nitrogen and oxygen atoms in total. The molecule has 28 heavy (non-hydrogen) atoms. The monoisotopic (exact) mass is 387 g/mol. The third kappa shape index (κ3) is 2.89. The van der Waals surface area contributed by atoms with Gasteiger partial charge in [-0.1, -0.05) is 24.6 Å². The fourth-order valence-electron chi connectivity index (χ4n) is 7.83. The lowest BCUT2D eigenvalue weighted by atomic mass is 9.47. The summed E-state index contributed by atoms with van der Waals surface area (Å²) < 4.78 is 12.5. The highest BCUT2D eigenvalue weighted by atomic mass is 16.7. The van der Waals surface area contributed by atoms with Crippen LogP contribution in [0.4, 0.5) is 0 Å². The van der Waals surface area contributed by atoms with Gasteiger partial charge in [0.2, 0.25) is 0 Å². The van der Waals surface area contributed by atoms with E-state index in [0.717, 1.165) is 49.3 Å². The van der Waals surface area contributed by atoms with E-state index in [1.54, 1.807) is 5.57 Å². The summed E-state index contributed by atoms with van der Waals surface area (Å²) in [5.41, 5.74) is 3.07. The van der Waals surface area contributed by atoms with Gasteiger partial charge in [0.05, 0.1) is 11.8 Å². The Morgan fingerprint density at radius 3 is 2.71 bits per heavy atom. The average Bonchev–Trinajstić information content (AvgIpc) is 3.04. The van der Waals surface area contributed by atoms with Crippen LogP contribution in [0.25, 0.3) is 0 Å². The molecule has 1 saturated heterocycles. The summed E-state index contributed by atoms with van der Waals surface area (Å²) in [6, 6.07) is 0. The minimum Gasteiger partial charge on any atom is -0.411 e. The Hall–Kier alpha value is -0.870. The van der Waals surface area contributed by atoms with Crippen molar-refractivity contribution in [3.63, 3.8) is 0 Å². The molecule has 7 atom stereocenters. The van der Waals surface area contributed by atoms with Crippen LogP contribution in [0.2, 0.25) is 0 Å². The van der Waals surface area contributed by atoms with E-state index in [1.165, 1.54) is 51.4 Å². The lowest BCUT2D eigenvalue weighted by molar-refractivity contribution is -0.215. The van der Waals surface area contributed by atoms with E-state index in [1.807, 2.05) is 0 Å². The Kier molecular flexibility index (Phi) is 4.86. The van der Waals surface area contributed by atoms with E-state index >= 15 is 0 Å². The number of allylic oxidation sites excluding steroid dienone is 2. The molecule has 0 aromatic carbocycles. The molecule has 0 spiro atoms. The van der Waals surface area contributed by atoms with Crippen molar-refractivity contribution in [3.05, 3.63) is 11.6 Å². The maximum atomic E-state index is 9.24. The Labute approximate surface area is 169 Å². The van der Waals surface area contributed by atoms with E-state index in [9.17, 15) is 5.21 Å². The van der Waals surface area contributed by atoms with Crippen LogP contribution < -0.4 is 0 Å². The van der Waals surface area contributed by atoms with Crippen molar-refractivity contribution >= 4 is 5.71 Å². The van der Waals surface area contributed by atoms with Gasteiger partial charge in [0.15, 0.2) is 6.29 Å². The molecule has 1 N–H and O–H groups in total. The highest BCUT2D eigenvalue weighted by molar-refractivity contribution is 5.96. The van der Waals surface area contributed by atoms with E-state index < -0.39 is 0 Å². The van der Waals surface area contributed by atoms with Crippen molar-refractivity contribution in [2.45, 2.75) is 96.9 Å². The number of hydrogen-bond acceptors (Lipinski definition) is 4. The van der Waals surface area contributed by atoms with Crippen molar-refractivity contribution in [3.8, 4) is 0 Å². The standard InChI is InChI=1S/C24H37NO3/c1-23-12-10-17(25-26)15-16(23)6-7-18-19-8-9-21(24(19,2)13-11-20(18)23)28-22-5-3-4-14-27-22/h15,18-22,26H,3-14H2,1-2H3/t18-,19?,20?,21-,22?,23-,24-/m0/s1. The summed E-state index contributed by atoms with van der Waals surface area (Å²) in [5, 5.41) is 12.8. The Morgan fingerprint density at radius 2 is 1.93 bits per heavy atom. The number of nitrogens with zero attached hydrogens (tertiary/aromatic N) is 1. The van der Waals surface area contributed by atoms with Crippen molar-refractivity contribution in [2.24, 2.45) is 33.7 Å². The molecule has 5 rings (SSSR count). The minimum atomic E-state index is 0.0417. The molecule has 0 radical (unpaired) electrons. The first-order valence-corrected chi connectivity index (χ1v) is 11.7. The first-order chi connectivity index (χ1) is 13.5. The van der Waals surface area contributed by atoms with E-state index in [-0.39, 0.29) is 6.29 Å². The Morgan fingerprint density at radius 1 is 1.04 bits per heavy atom. The minimum absolute atomic E-state index is 0.0417. The van der Waals surface area contributed by atoms with Crippen molar-refractivity contribution < 1.29 is 14.7 Å². The highest BCUT2D eigenvalue weighted by Crippen LogP contribution is 2.65. The maximum Gasteiger partial charge on any atom is 0.157 e. The number of oxime groups is 1. The topological polar surface area (TPSA) is 51.1 Å². The zero-order valence-electron chi connectivity index (χ0n) is 17.7. The molecule has 4 heteroatoms. The summed E-state index contributed by atoms with van der Waals surface area (Å²) in [6.07, 6.45) is 15.9. The van der Waals surface area contributed by atoms with Crippen LogP contribution in [-0.2, 0) is 9.47 Å². The zero-order chi connectivity index (χ0) is 19.4. The third-order valence-corrected chi connectivity index (χ3v) is 9.47. The van der Waals surface area contributed by atoms with Gasteiger partial charge in [-0.2, -0.15) is 0 Å². The van der Waals surface area contributed by atoms with Gasteiger partial charge in [0, 0.05) is 6.61 Å². The van der Waals surface area contributed by atoms with Gasteiger partial charge in [-0.15, -0.1) is 0 Å². The van der Waals surface area contributed by atoms with Crippen LogP contribution in [0, 0.1) is 28.6 Å². The van der Waals surface area contributed by atoms with Gasteiger partial charge >= 0.3 is 0 Å². The van der Waals surface area contributed by atoms with Gasteiger partial charge in [-0.25, -0.2) is 0 Å². The molecule has 4 aliphatic carbocycles. The van der Waals surface area contributed by atoms with Gasteiger partial charge in [0.1, 0.15) is 0 Å². The number of fused-ring (bicyclic) bond motifs is 5. The molecule has 1 aliphatic heterocycles. The fraction of sp³-hybridized carbons (Fsp3) is 0.875. The molecule has 0 bridgehead atoms. The Balaban J connectivity index is 1.35. The zero-order valence-corrected chi connectivity index (χ0v) is 17.7.